The van der Waals surface area contributed by atoms with Gasteiger partial charge in [0.25, 0.3) is 0 Å². The zero-order valence-electron chi connectivity index (χ0n) is 11.4. The van der Waals surface area contributed by atoms with Crippen molar-refractivity contribution in [1.82, 2.24) is 9.97 Å². The smallest absolute Gasteiger partial charge is 0.161 e. The molecule has 1 aromatic carbocycles. The van der Waals surface area contributed by atoms with E-state index >= 15 is 0 Å². The Morgan fingerprint density at radius 1 is 1.05 bits per heavy atom. The minimum atomic E-state index is 0.416. The first-order valence-electron chi connectivity index (χ1n) is 6.04. The Morgan fingerprint density at radius 3 is 2.30 bits per heavy atom. The topological polar surface area (TPSA) is 70.3 Å². The molecule has 0 saturated heterocycles. The molecule has 20 heavy (non-hydrogen) atoms. The molecule has 0 amide bonds. The van der Waals surface area contributed by atoms with Gasteiger partial charge in [0.05, 0.1) is 22.5 Å². The second kappa shape index (κ2) is 6.96. The highest BCUT2D eigenvalue weighted by molar-refractivity contribution is 14.1. The van der Waals surface area contributed by atoms with Crippen molar-refractivity contribution in [1.29, 1.82) is 0 Å². The largest absolute Gasteiger partial charge is 0.383 e. The number of benzene rings is 1. The molecule has 1 aromatic heterocycles. The number of nitrogens with zero attached hydrogens (tertiary/aromatic N) is 2. The predicted molar refractivity (Wildman–Crippen MR) is 86.0 cm³/mol. The Morgan fingerprint density at radius 2 is 1.70 bits per heavy atom. The van der Waals surface area contributed by atoms with Crippen LogP contribution in [0.3, 0.4) is 0 Å². The third kappa shape index (κ3) is 3.44. The number of nitrogen functional groups attached to an aromatic ring is 1. The van der Waals surface area contributed by atoms with E-state index in [1.165, 1.54) is 0 Å². The number of nitrogens with two attached hydrogens (primary N) is 1. The average molecular weight is 385 g/mol. The molecule has 5 nitrogen and oxygen atoms in total. The zero-order valence-corrected chi connectivity index (χ0v) is 13.5. The fourth-order valence-electron chi connectivity index (χ4n) is 1.79. The van der Waals surface area contributed by atoms with Crippen LogP contribution in [0.2, 0.25) is 0 Å². The van der Waals surface area contributed by atoms with Crippen molar-refractivity contribution in [3.63, 3.8) is 0 Å². The lowest BCUT2D eigenvalue weighted by Crippen LogP contribution is -2.06. The summed E-state index contributed by atoms with van der Waals surface area (Å²) in [6.45, 7) is 1.00. The van der Waals surface area contributed by atoms with Gasteiger partial charge in [0, 0.05) is 19.8 Å². The monoisotopic (exact) mass is 385 g/mol. The normalized spacial score (nSPS) is 10.8. The Balaban J connectivity index is 2.36. The number of anilines is 1. The van der Waals surface area contributed by atoms with Gasteiger partial charge < -0.3 is 15.2 Å². The Bertz CT molecular complexity index is 588. The minimum absolute atomic E-state index is 0.416. The predicted octanol–water partition coefficient (Wildman–Crippen LogP) is 2.62. The van der Waals surface area contributed by atoms with Crippen LogP contribution in [0.5, 0.6) is 0 Å². The standard InChI is InChI=1S/C14H16IN3O2/c1-19-7-9-3-5-10(6-4-9)14-17-11(8-20-2)12(15)13(16)18-14/h3-6H,7-8H2,1-2H3,(H2,16,17,18). The number of ether oxygens (including phenoxy) is 2. The summed E-state index contributed by atoms with van der Waals surface area (Å²) in [7, 11) is 3.31. The highest BCUT2D eigenvalue weighted by Crippen LogP contribution is 2.23. The van der Waals surface area contributed by atoms with Gasteiger partial charge in [0.2, 0.25) is 0 Å². The molecule has 0 aliphatic heterocycles. The van der Waals surface area contributed by atoms with Gasteiger partial charge in [-0.05, 0) is 28.2 Å². The number of hydrogen-bond acceptors (Lipinski definition) is 5. The van der Waals surface area contributed by atoms with E-state index in [1.807, 2.05) is 24.3 Å². The zero-order chi connectivity index (χ0) is 14.5. The maximum absolute atomic E-state index is 5.93. The molecule has 0 unspecified atom stereocenters. The Labute approximate surface area is 131 Å². The highest BCUT2D eigenvalue weighted by atomic mass is 127. The van der Waals surface area contributed by atoms with Gasteiger partial charge in [0.1, 0.15) is 5.82 Å². The van der Waals surface area contributed by atoms with Crippen molar-refractivity contribution < 1.29 is 9.47 Å². The summed E-state index contributed by atoms with van der Waals surface area (Å²) in [6, 6.07) is 7.91. The van der Waals surface area contributed by atoms with E-state index in [4.69, 9.17) is 15.2 Å². The molecule has 0 spiro atoms. The summed E-state index contributed by atoms with van der Waals surface area (Å²) in [5.74, 6) is 1.09. The SMILES string of the molecule is COCc1ccc(-c2nc(N)c(I)c(COC)n2)cc1. The van der Waals surface area contributed by atoms with Crippen LogP contribution >= 0.6 is 22.6 Å². The summed E-state index contributed by atoms with van der Waals surface area (Å²) >= 11 is 2.13. The second-order valence-corrected chi connectivity index (χ2v) is 5.33. The first-order chi connectivity index (χ1) is 9.65. The lowest BCUT2D eigenvalue weighted by molar-refractivity contribution is 0.181. The molecule has 0 aliphatic rings. The van der Waals surface area contributed by atoms with Crippen LogP contribution in [0, 0.1) is 3.57 Å². The van der Waals surface area contributed by atoms with Crippen molar-refractivity contribution >= 4 is 28.4 Å². The summed E-state index contributed by atoms with van der Waals surface area (Å²) in [5.41, 5.74) is 8.76. The number of hydrogen-bond donors (Lipinski definition) is 1. The fraction of sp³-hybridized carbons (Fsp3) is 0.286. The van der Waals surface area contributed by atoms with Gasteiger partial charge in [0.15, 0.2) is 5.82 Å². The molecule has 106 valence electrons. The van der Waals surface area contributed by atoms with E-state index in [0.717, 1.165) is 20.4 Å². The van der Waals surface area contributed by atoms with E-state index in [-0.39, 0.29) is 0 Å². The van der Waals surface area contributed by atoms with Crippen LogP contribution in [0.4, 0.5) is 5.82 Å². The average Bonchev–Trinajstić information content (AvgIpc) is 2.45. The van der Waals surface area contributed by atoms with Gasteiger partial charge >= 0.3 is 0 Å². The van der Waals surface area contributed by atoms with Crippen LogP contribution in [-0.4, -0.2) is 24.2 Å². The summed E-state index contributed by atoms with van der Waals surface area (Å²) < 4.78 is 11.1. The van der Waals surface area contributed by atoms with E-state index in [0.29, 0.717) is 24.9 Å². The van der Waals surface area contributed by atoms with Crippen LogP contribution in [0.1, 0.15) is 11.3 Å². The van der Waals surface area contributed by atoms with Gasteiger partial charge in [-0.1, -0.05) is 24.3 Å². The molecule has 1 heterocycles. The highest BCUT2D eigenvalue weighted by Gasteiger charge is 2.11. The molecular weight excluding hydrogens is 369 g/mol. The molecule has 0 bridgehead atoms. The van der Waals surface area contributed by atoms with Crippen molar-refractivity contribution in [2.45, 2.75) is 13.2 Å². The maximum Gasteiger partial charge on any atom is 0.161 e. The van der Waals surface area contributed by atoms with Gasteiger partial charge in [-0.3, -0.25) is 0 Å². The molecule has 6 heteroatoms. The van der Waals surface area contributed by atoms with Gasteiger partial charge in [-0.15, -0.1) is 0 Å². The lowest BCUT2D eigenvalue weighted by Gasteiger charge is -2.09. The minimum Gasteiger partial charge on any atom is -0.383 e. The van der Waals surface area contributed by atoms with Crippen molar-refractivity contribution in [2.24, 2.45) is 0 Å². The second-order valence-electron chi connectivity index (χ2n) is 4.26. The molecule has 2 rings (SSSR count). The molecule has 0 atom stereocenters. The number of rotatable bonds is 5. The first-order valence-corrected chi connectivity index (χ1v) is 7.12. The maximum atomic E-state index is 5.93. The van der Waals surface area contributed by atoms with E-state index < -0.39 is 0 Å². The third-order valence-electron chi connectivity index (χ3n) is 2.75. The van der Waals surface area contributed by atoms with Crippen LogP contribution in [0.25, 0.3) is 11.4 Å². The van der Waals surface area contributed by atoms with Gasteiger partial charge in [-0.2, -0.15) is 0 Å². The molecular formula is C14H16IN3O2. The fourth-order valence-corrected chi connectivity index (χ4v) is 2.19. The number of halogens is 1. The number of methoxy groups -OCH3 is 2. The lowest BCUT2D eigenvalue weighted by atomic mass is 10.1. The van der Waals surface area contributed by atoms with E-state index in [2.05, 4.69) is 32.6 Å². The Kier molecular flexibility index (Phi) is 5.27. The molecule has 0 radical (unpaired) electrons. The van der Waals surface area contributed by atoms with E-state index in [9.17, 15) is 0 Å². The summed E-state index contributed by atoms with van der Waals surface area (Å²) in [6.07, 6.45) is 0. The number of aromatic nitrogens is 2. The molecule has 0 saturated carbocycles. The summed E-state index contributed by atoms with van der Waals surface area (Å²) in [4.78, 5) is 8.85. The van der Waals surface area contributed by atoms with Crippen molar-refractivity contribution in [3.8, 4) is 11.4 Å². The summed E-state index contributed by atoms with van der Waals surface area (Å²) in [5, 5.41) is 0. The van der Waals surface area contributed by atoms with Gasteiger partial charge in [-0.25, -0.2) is 9.97 Å². The molecule has 2 N–H and O–H groups in total. The van der Waals surface area contributed by atoms with Crippen LogP contribution < -0.4 is 5.73 Å². The quantitative estimate of drug-likeness (QED) is 0.802. The third-order valence-corrected chi connectivity index (χ3v) is 3.92. The molecule has 0 aliphatic carbocycles. The Hall–Kier alpha value is -1.25. The first kappa shape index (κ1) is 15.1. The molecule has 2 aromatic rings. The van der Waals surface area contributed by atoms with Crippen LogP contribution in [0.15, 0.2) is 24.3 Å². The van der Waals surface area contributed by atoms with Crippen molar-refractivity contribution in [2.75, 3.05) is 20.0 Å². The van der Waals surface area contributed by atoms with E-state index in [1.54, 1.807) is 14.2 Å². The molecule has 0 fully saturated rings. The van der Waals surface area contributed by atoms with Crippen LogP contribution in [-0.2, 0) is 22.7 Å². The van der Waals surface area contributed by atoms with Crippen molar-refractivity contribution in [3.05, 3.63) is 39.1 Å².